The summed E-state index contributed by atoms with van der Waals surface area (Å²) in [6, 6.07) is 5.76. The van der Waals surface area contributed by atoms with Crippen LogP contribution in [0.5, 0.6) is 0 Å². The van der Waals surface area contributed by atoms with E-state index >= 15 is 0 Å². The van der Waals surface area contributed by atoms with Crippen LogP contribution in [-0.2, 0) is 6.54 Å². The van der Waals surface area contributed by atoms with Gasteiger partial charge in [0.1, 0.15) is 12.0 Å². The molecule has 4 rings (SSSR count). The molecule has 1 aliphatic rings. The molecule has 3 aromatic rings. The first-order valence-corrected chi connectivity index (χ1v) is 9.01. The van der Waals surface area contributed by atoms with Gasteiger partial charge in [-0.2, -0.15) is 0 Å². The maximum absolute atomic E-state index is 4.83. The second-order valence-electron chi connectivity index (χ2n) is 5.99. The van der Waals surface area contributed by atoms with Crippen molar-refractivity contribution in [2.45, 2.75) is 44.6 Å². The highest BCUT2D eigenvalue weighted by molar-refractivity contribution is 7.09. The molecular weight excluding hydrogens is 306 g/mol. The molecule has 0 radical (unpaired) electrons. The predicted molar refractivity (Wildman–Crippen MR) is 90.3 cm³/mol. The lowest BCUT2D eigenvalue weighted by Crippen LogP contribution is -2.05. The average molecular weight is 325 g/mol. The highest BCUT2D eigenvalue weighted by Gasteiger charge is 2.18. The van der Waals surface area contributed by atoms with Crippen molar-refractivity contribution in [3.63, 3.8) is 0 Å². The number of hydrogen-bond acceptors (Lipinski definition) is 5. The first-order chi connectivity index (χ1) is 11.4. The van der Waals surface area contributed by atoms with Gasteiger partial charge < -0.3 is 0 Å². The molecule has 0 bridgehead atoms. The molecule has 0 aliphatic heterocycles. The Hall–Kier alpha value is -2.08. The third-order valence-corrected chi connectivity index (χ3v) is 5.33. The topological polar surface area (TPSA) is 56.5 Å². The Balaban J connectivity index is 1.46. The molecule has 118 valence electrons. The van der Waals surface area contributed by atoms with Crippen LogP contribution in [0.2, 0.25) is 0 Å². The molecule has 5 nitrogen and oxygen atoms in total. The molecule has 0 saturated heterocycles. The van der Waals surface area contributed by atoms with Crippen LogP contribution >= 0.6 is 11.3 Å². The Bertz CT molecular complexity index is 758. The van der Waals surface area contributed by atoms with E-state index < -0.39 is 0 Å². The fourth-order valence-corrected chi connectivity index (χ4v) is 4.06. The fraction of sp³-hybridized carbons (Fsp3) is 0.412. The number of rotatable bonds is 4. The number of pyridine rings is 1. The van der Waals surface area contributed by atoms with Gasteiger partial charge in [0, 0.05) is 17.5 Å². The molecule has 0 N–H and O–H groups in total. The fourth-order valence-electron chi connectivity index (χ4n) is 3.08. The minimum Gasteiger partial charge on any atom is -0.253 e. The molecule has 0 amide bonds. The summed E-state index contributed by atoms with van der Waals surface area (Å²) in [4.78, 5) is 13.5. The van der Waals surface area contributed by atoms with E-state index in [4.69, 9.17) is 4.98 Å². The smallest absolute Gasteiger partial charge is 0.199 e. The van der Waals surface area contributed by atoms with Gasteiger partial charge in [-0.1, -0.05) is 25.3 Å². The Kier molecular flexibility index (Phi) is 4.15. The van der Waals surface area contributed by atoms with Crippen LogP contribution in [0.1, 0.15) is 48.7 Å². The van der Waals surface area contributed by atoms with Gasteiger partial charge in [0.05, 0.1) is 17.2 Å². The van der Waals surface area contributed by atoms with Crippen LogP contribution in [-0.4, -0.2) is 24.7 Å². The monoisotopic (exact) mass is 325 g/mol. The lowest BCUT2D eigenvalue weighted by molar-refractivity contribution is 0.441. The summed E-state index contributed by atoms with van der Waals surface area (Å²) in [6.07, 6.45) is 10.2. The van der Waals surface area contributed by atoms with Crippen LogP contribution in [0, 0.1) is 0 Å². The normalized spacial score (nSPS) is 15.8. The number of hydrogen-bond donors (Lipinski definition) is 0. The molecule has 1 aliphatic carbocycles. The van der Waals surface area contributed by atoms with E-state index in [-0.39, 0.29) is 0 Å². The number of nitrogens with zero attached hydrogens (tertiary/aromatic N) is 5. The summed E-state index contributed by atoms with van der Waals surface area (Å²) in [5, 5.41) is 7.96. The van der Waals surface area contributed by atoms with Crippen molar-refractivity contribution in [2.24, 2.45) is 0 Å². The zero-order chi connectivity index (χ0) is 15.5. The van der Waals surface area contributed by atoms with E-state index in [1.54, 1.807) is 23.9 Å². The maximum atomic E-state index is 4.83. The van der Waals surface area contributed by atoms with Crippen LogP contribution in [0.15, 0.2) is 36.1 Å². The lowest BCUT2D eigenvalue weighted by Gasteiger charge is -2.18. The van der Waals surface area contributed by atoms with Gasteiger partial charge in [-0.3, -0.25) is 4.98 Å². The summed E-state index contributed by atoms with van der Waals surface area (Å²) >= 11 is 1.79. The van der Waals surface area contributed by atoms with E-state index in [1.165, 1.54) is 37.1 Å². The van der Waals surface area contributed by atoms with Crippen molar-refractivity contribution in [1.82, 2.24) is 24.7 Å². The van der Waals surface area contributed by atoms with Gasteiger partial charge in [0.25, 0.3) is 0 Å². The summed E-state index contributed by atoms with van der Waals surface area (Å²) in [7, 11) is 0. The summed E-state index contributed by atoms with van der Waals surface area (Å²) in [5.74, 6) is 1.33. The SMILES string of the molecule is c1ccc(-c2ncn(Cc3csc(C4CCCCC4)n3)n2)nc1. The first-order valence-electron chi connectivity index (χ1n) is 8.13. The minimum absolute atomic E-state index is 0.660. The Labute approximate surface area is 139 Å². The third-order valence-electron chi connectivity index (χ3n) is 4.28. The van der Waals surface area contributed by atoms with Gasteiger partial charge in [-0.15, -0.1) is 16.4 Å². The molecule has 0 aromatic carbocycles. The second kappa shape index (κ2) is 6.58. The molecule has 6 heteroatoms. The van der Waals surface area contributed by atoms with Crippen molar-refractivity contribution in [2.75, 3.05) is 0 Å². The van der Waals surface area contributed by atoms with Crippen LogP contribution in [0.3, 0.4) is 0 Å². The molecule has 0 unspecified atom stereocenters. The standard InChI is InChI=1S/C17H19N5S/c1-2-6-13(7-3-1)17-20-14(11-23-17)10-22-12-19-16(21-22)15-8-4-5-9-18-15/h4-5,8-9,11-13H,1-3,6-7,10H2. The summed E-state index contributed by atoms with van der Waals surface area (Å²) in [6.45, 7) is 0.670. The third kappa shape index (κ3) is 3.32. The molecule has 0 spiro atoms. The lowest BCUT2D eigenvalue weighted by atomic mass is 9.90. The Morgan fingerprint density at radius 1 is 1.13 bits per heavy atom. The van der Waals surface area contributed by atoms with Crippen molar-refractivity contribution < 1.29 is 0 Å². The highest BCUT2D eigenvalue weighted by Crippen LogP contribution is 2.34. The van der Waals surface area contributed by atoms with Crippen LogP contribution < -0.4 is 0 Å². The van der Waals surface area contributed by atoms with E-state index in [0.717, 1.165) is 11.4 Å². The zero-order valence-electron chi connectivity index (χ0n) is 12.9. The highest BCUT2D eigenvalue weighted by atomic mass is 32.1. The largest absolute Gasteiger partial charge is 0.253 e. The van der Waals surface area contributed by atoms with Gasteiger partial charge >= 0.3 is 0 Å². The molecule has 23 heavy (non-hydrogen) atoms. The Morgan fingerprint density at radius 3 is 2.87 bits per heavy atom. The van der Waals surface area contributed by atoms with Gasteiger partial charge in [-0.05, 0) is 25.0 Å². The first kappa shape index (κ1) is 14.5. The molecule has 3 aromatic heterocycles. The van der Waals surface area contributed by atoms with E-state index in [2.05, 4.69) is 20.4 Å². The number of thiazole rings is 1. The van der Waals surface area contributed by atoms with Crippen LogP contribution in [0.25, 0.3) is 11.5 Å². The van der Waals surface area contributed by atoms with Crippen molar-refractivity contribution in [3.05, 3.63) is 46.8 Å². The van der Waals surface area contributed by atoms with Gasteiger partial charge in [0.15, 0.2) is 5.82 Å². The summed E-state index contributed by atoms with van der Waals surface area (Å²) in [5.41, 5.74) is 1.88. The van der Waals surface area contributed by atoms with Crippen molar-refractivity contribution >= 4 is 11.3 Å². The van der Waals surface area contributed by atoms with Gasteiger partial charge in [-0.25, -0.2) is 14.6 Å². The van der Waals surface area contributed by atoms with E-state index in [9.17, 15) is 0 Å². The Morgan fingerprint density at radius 2 is 2.04 bits per heavy atom. The molecule has 0 atom stereocenters. The molecule has 1 saturated carbocycles. The van der Waals surface area contributed by atoms with E-state index in [1.807, 2.05) is 22.9 Å². The van der Waals surface area contributed by atoms with Crippen molar-refractivity contribution in [3.8, 4) is 11.5 Å². The average Bonchev–Trinajstić information content (AvgIpc) is 3.27. The van der Waals surface area contributed by atoms with E-state index in [0.29, 0.717) is 18.3 Å². The number of aromatic nitrogens is 5. The van der Waals surface area contributed by atoms with Crippen LogP contribution in [0.4, 0.5) is 0 Å². The quantitative estimate of drug-likeness (QED) is 0.730. The second-order valence-corrected chi connectivity index (χ2v) is 6.88. The molecule has 3 heterocycles. The summed E-state index contributed by atoms with van der Waals surface area (Å²) < 4.78 is 1.84. The maximum Gasteiger partial charge on any atom is 0.199 e. The molecule has 1 fully saturated rings. The minimum atomic E-state index is 0.660. The predicted octanol–water partition coefficient (Wildman–Crippen LogP) is 3.89. The molecular formula is C17H19N5S. The van der Waals surface area contributed by atoms with Crippen molar-refractivity contribution in [1.29, 1.82) is 0 Å². The zero-order valence-corrected chi connectivity index (χ0v) is 13.7. The van der Waals surface area contributed by atoms with Gasteiger partial charge in [0.2, 0.25) is 0 Å².